The number of hydrogen-bond donors (Lipinski definition) is 2. The summed E-state index contributed by atoms with van der Waals surface area (Å²) in [6, 6.07) is 17.2. The quantitative estimate of drug-likeness (QED) is 0.407. The fraction of sp³-hybridized carbons (Fsp3) is 0.172. The van der Waals surface area contributed by atoms with Gasteiger partial charge in [-0.15, -0.1) is 0 Å². The molecule has 188 valence electrons. The summed E-state index contributed by atoms with van der Waals surface area (Å²) in [5, 5.41) is 11.8. The molecule has 3 atom stereocenters. The predicted octanol–water partition coefficient (Wildman–Crippen LogP) is 5.74. The Hall–Kier alpha value is -4.10. The molecule has 37 heavy (non-hydrogen) atoms. The molecule has 1 aliphatic carbocycles. The van der Waals surface area contributed by atoms with Crippen LogP contribution in [0.5, 0.6) is 11.5 Å². The number of hydrazine groups is 1. The van der Waals surface area contributed by atoms with Gasteiger partial charge in [0.2, 0.25) is 0 Å². The van der Waals surface area contributed by atoms with Crippen molar-refractivity contribution in [1.29, 1.82) is 0 Å². The maximum absolute atomic E-state index is 14.5. The van der Waals surface area contributed by atoms with Crippen molar-refractivity contribution >= 4 is 29.1 Å². The molecule has 0 spiro atoms. The van der Waals surface area contributed by atoms with E-state index in [0.29, 0.717) is 28.3 Å². The number of benzene rings is 3. The number of nitrogens with zero attached hydrogens (tertiary/aromatic N) is 1. The van der Waals surface area contributed by atoms with Crippen LogP contribution in [-0.4, -0.2) is 29.0 Å². The number of halogens is 2. The van der Waals surface area contributed by atoms with Crippen molar-refractivity contribution in [3.8, 4) is 11.5 Å². The number of imide groups is 1. The molecule has 3 unspecified atom stereocenters. The minimum atomic E-state index is -1.35. The number of amides is 2. The van der Waals surface area contributed by atoms with Gasteiger partial charge in [0.15, 0.2) is 11.5 Å². The first-order chi connectivity index (χ1) is 17.8. The highest BCUT2D eigenvalue weighted by atomic mass is 35.5. The molecule has 1 saturated heterocycles. The summed E-state index contributed by atoms with van der Waals surface area (Å²) < 4.78 is 18.8. The molecule has 0 saturated carbocycles. The van der Waals surface area contributed by atoms with Gasteiger partial charge in [-0.05, 0) is 71.7 Å². The number of anilines is 1. The third kappa shape index (κ3) is 3.86. The van der Waals surface area contributed by atoms with Gasteiger partial charge in [-0.1, -0.05) is 48.5 Å². The molecular weight excluding hydrogens is 495 g/mol. The van der Waals surface area contributed by atoms with E-state index in [1.807, 2.05) is 6.08 Å². The molecule has 0 bridgehead atoms. The number of aromatic hydroxyl groups is 1. The SMILES string of the molecule is C=CC1=CCC2C(=O)N(Nc3ccc(F)cc3)C(=O)C2(c2ccc(Cl)cc2)C1c1ccc(O)c(OC)c1. The number of carbonyl (C=O) groups is 2. The first-order valence-corrected chi connectivity index (χ1v) is 12.0. The number of allylic oxidation sites excluding steroid dienone is 3. The minimum Gasteiger partial charge on any atom is -0.504 e. The number of nitrogens with one attached hydrogen (secondary N) is 1. The van der Waals surface area contributed by atoms with Gasteiger partial charge < -0.3 is 9.84 Å². The van der Waals surface area contributed by atoms with E-state index in [9.17, 15) is 19.1 Å². The number of phenols is 1. The van der Waals surface area contributed by atoms with E-state index in [1.165, 1.54) is 37.4 Å². The molecule has 3 aromatic carbocycles. The second-order valence-electron chi connectivity index (χ2n) is 9.03. The van der Waals surface area contributed by atoms with E-state index in [2.05, 4.69) is 12.0 Å². The van der Waals surface area contributed by atoms with Crippen molar-refractivity contribution in [1.82, 2.24) is 5.01 Å². The topological polar surface area (TPSA) is 78.9 Å². The van der Waals surface area contributed by atoms with Gasteiger partial charge in [-0.3, -0.25) is 15.0 Å². The summed E-state index contributed by atoms with van der Waals surface area (Å²) in [5.74, 6) is -2.47. The van der Waals surface area contributed by atoms with Crippen LogP contribution in [0.2, 0.25) is 5.02 Å². The van der Waals surface area contributed by atoms with E-state index >= 15 is 0 Å². The first kappa shape index (κ1) is 24.6. The summed E-state index contributed by atoms with van der Waals surface area (Å²) in [6.07, 6.45) is 3.91. The van der Waals surface area contributed by atoms with Gasteiger partial charge in [0, 0.05) is 10.9 Å². The van der Waals surface area contributed by atoms with Crippen LogP contribution >= 0.6 is 11.6 Å². The minimum absolute atomic E-state index is 0.0447. The monoisotopic (exact) mass is 518 g/mol. The largest absolute Gasteiger partial charge is 0.504 e. The molecule has 2 N–H and O–H groups in total. The molecule has 8 heteroatoms. The normalized spacial score (nSPS) is 22.9. The molecule has 2 aliphatic rings. The van der Waals surface area contributed by atoms with Crippen LogP contribution in [0.15, 0.2) is 91.0 Å². The van der Waals surface area contributed by atoms with E-state index in [0.717, 1.165) is 10.6 Å². The molecule has 1 fully saturated rings. The number of phenolic OH excluding ortho intramolecular Hbond substituents is 1. The summed E-state index contributed by atoms with van der Waals surface area (Å²) >= 11 is 6.19. The lowest BCUT2D eigenvalue weighted by molar-refractivity contribution is -0.138. The van der Waals surface area contributed by atoms with Gasteiger partial charge >= 0.3 is 0 Å². The lowest BCUT2D eigenvalue weighted by Gasteiger charge is -2.43. The third-order valence-corrected chi connectivity index (χ3v) is 7.43. The highest BCUT2D eigenvalue weighted by Crippen LogP contribution is 2.58. The average Bonchev–Trinajstić information content (AvgIpc) is 3.12. The second kappa shape index (κ2) is 9.41. The Labute approximate surface area is 218 Å². The van der Waals surface area contributed by atoms with Crippen LogP contribution < -0.4 is 10.2 Å². The Balaban J connectivity index is 1.74. The number of ether oxygens (including phenoxy) is 1. The molecule has 1 heterocycles. The van der Waals surface area contributed by atoms with Crippen LogP contribution in [0.1, 0.15) is 23.5 Å². The lowest BCUT2D eigenvalue weighted by Crippen LogP contribution is -2.48. The van der Waals surface area contributed by atoms with Crippen molar-refractivity contribution in [2.75, 3.05) is 12.5 Å². The molecule has 3 aromatic rings. The van der Waals surface area contributed by atoms with Crippen molar-refractivity contribution in [2.24, 2.45) is 5.92 Å². The summed E-state index contributed by atoms with van der Waals surface area (Å²) in [6.45, 7) is 3.98. The Morgan fingerprint density at radius 1 is 1.14 bits per heavy atom. The molecule has 0 aromatic heterocycles. The fourth-order valence-corrected chi connectivity index (χ4v) is 5.66. The van der Waals surface area contributed by atoms with Gasteiger partial charge in [0.1, 0.15) is 5.82 Å². The Bertz CT molecular complexity index is 1420. The zero-order valence-corrected chi connectivity index (χ0v) is 20.7. The van der Waals surface area contributed by atoms with Crippen molar-refractivity contribution in [2.45, 2.75) is 17.8 Å². The van der Waals surface area contributed by atoms with E-state index in [1.54, 1.807) is 42.5 Å². The molecule has 0 radical (unpaired) electrons. The van der Waals surface area contributed by atoms with Crippen LogP contribution in [0, 0.1) is 11.7 Å². The number of carbonyl (C=O) groups excluding carboxylic acids is 2. The number of rotatable bonds is 6. The first-order valence-electron chi connectivity index (χ1n) is 11.7. The van der Waals surface area contributed by atoms with Crippen molar-refractivity contribution in [3.63, 3.8) is 0 Å². The standard InChI is InChI=1S/C29H24ClFN2O4/c1-3-17-4-14-23-27(35)33(32-22-12-10-21(31)11-13-22)28(36)29(23,19-6-8-20(30)9-7-19)26(17)18-5-15-24(34)25(16-18)37-2/h3-13,15-16,23,26,32,34H,1,14H2,2H3. The van der Waals surface area contributed by atoms with Gasteiger partial charge in [0.25, 0.3) is 11.8 Å². The highest BCUT2D eigenvalue weighted by Gasteiger charge is 2.65. The van der Waals surface area contributed by atoms with E-state index in [-0.39, 0.29) is 11.5 Å². The predicted molar refractivity (Wildman–Crippen MR) is 139 cm³/mol. The molecule has 1 aliphatic heterocycles. The van der Waals surface area contributed by atoms with Gasteiger partial charge in [-0.25, -0.2) is 4.39 Å². The van der Waals surface area contributed by atoms with Crippen molar-refractivity contribution in [3.05, 3.63) is 113 Å². The maximum atomic E-state index is 14.5. The Morgan fingerprint density at radius 3 is 2.49 bits per heavy atom. The summed E-state index contributed by atoms with van der Waals surface area (Å²) in [5.41, 5.74) is 4.00. The number of methoxy groups -OCH3 is 1. The molecule has 2 amide bonds. The van der Waals surface area contributed by atoms with Crippen LogP contribution in [0.25, 0.3) is 0 Å². The molecule has 6 nitrogen and oxygen atoms in total. The van der Waals surface area contributed by atoms with E-state index < -0.39 is 34.9 Å². The Kier molecular flexibility index (Phi) is 6.25. The fourth-order valence-electron chi connectivity index (χ4n) is 5.54. The smallest absolute Gasteiger partial charge is 0.260 e. The average molecular weight is 519 g/mol. The lowest BCUT2D eigenvalue weighted by atomic mass is 9.56. The van der Waals surface area contributed by atoms with Gasteiger partial charge in [-0.2, -0.15) is 5.01 Å². The molecular formula is C29H24ClFN2O4. The van der Waals surface area contributed by atoms with Crippen LogP contribution in [-0.2, 0) is 15.0 Å². The number of hydrogen-bond acceptors (Lipinski definition) is 5. The third-order valence-electron chi connectivity index (χ3n) is 7.18. The summed E-state index contributed by atoms with van der Waals surface area (Å²) in [7, 11) is 1.44. The van der Waals surface area contributed by atoms with E-state index in [4.69, 9.17) is 16.3 Å². The second-order valence-corrected chi connectivity index (χ2v) is 9.47. The van der Waals surface area contributed by atoms with Crippen molar-refractivity contribution < 1.29 is 23.8 Å². The Morgan fingerprint density at radius 2 is 1.84 bits per heavy atom. The maximum Gasteiger partial charge on any atom is 0.260 e. The van der Waals surface area contributed by atoms with Gasteiger partial charge in [0.05, 0.1) is 24.1 Å². The van der Waals surface area contributed by atoms with Crippen LogP contribution in [0.4, 0.5) is 10.1 Å². The zero-order chi connectivity index (χ0) is 26.3. The number of fused-ring (bicyclic) bond motifs is 1. The zero-order valence-electron chi connectivity index (χ0n) is 19.9. The summed E-state index contributed by atoms with van der Waals surface area (Å²) in [4.78, 5) is 28.3. The van der Waals surface area contributed by atoms with Crippen LogP contribution in [0.3, 0.4) is 0 Å². The highest BCUT2D eigenvalue weighted by molar-refractivity contribution is 6.30. The molecule has 5 rings (SSSR count).